The molecular weight excluding hydrogens is 322 g/mol. The van der Waals surface area contributed by atoms with E-state index in [0.717, 1.165) is 55.7 Å². The number of aromatic nitrogens is 2. The van der Waals surface area contributed by atoms with Crippen molar-refractivity contribution in [2.75, 3.05) is 37.6 Å². The third-order valence-electron chi connectivity index (χ3n) is 4.75. The number of nitrogens with one attached hydrogen (secondary N) is 1. The van der Waals surface area contributed by atoms with Gasteiger partial charge in [-0.25, -0.2) is 0 Å². The van der Waals surface area contributed by atoms with Crippen molar-refractivity contribution < 1.29 is 4.79 Å². The summed E-state index contributed by atoms with van der Waals surface area (Å²) in [6.07, 6.45) is 5.07. The quantitative estimate of drug-likeness (QED) is 0.848. The molecule has 1 N–H and O–H groups in total. The van der Waals surface area contributed by atoms with Gasteiger partial charge in [0.2, 0.25) is 11.0 Å². The van der Waals surface area contributed by atoms with E-state index in [0.29, 0.717) is 18.4 Å². The summed E-state index contributed by atoms with van der Waals surface area (Å²) in [6, 6.07) is 0.374. The molecule has 24 heavy (non-hydrogen) atoms. The Morgan fingerprint density at radius 1 is 1.21 bits per heavy atom. The van der Waals surface area contributed by atoms with Gasteiger partial charge in [0.1, 0.15) is 5.01 Å². The SMILES string of the molecule is CC(C)CN1CCN(c2nnc(CC(=O)NC3CCCC3)s2)CC1. The third kappa shape index (κ3) is 4.89. The summed E-state index contributed by atoms with van der Waals surface area (Å²) >= 11 is 1.57. The van der Waals surface area contributed by atoms with Crippen LogP contribution in [0, 0.1) is 5.92 Å². The summed E-state index contributed by atoms with van der Waals surface area (Å²) in [4.78, 5) is 16.9. The molecule has 1 aromatic rings. The minimum atomic E-state index is 0.0892. The lowest BCUT2D eigenvalue weighted by atomic mass is 10.2. The average Bonchev–Trinajstić information content (AvgIpc) is 3.19. The highest BCUT2D eigenvalue weighted by Gasteiger charge is 2.22. The van der Waals surface area contributed by atoms with Crippen molar-refractivity contribution in [1.82, 2.24) is 20.4 Å². The van der Waals surface area contributed by atoms with Crippen molar-refractivity contribution >= 4 is 22.4 Å². The molecule has 6 nitrogen and oxygen atoms in total. The van der Waals surface area contributed by atoms with Crippen molar-refractivity contribution in [3.8, 4) is 0 Å². The maximum Gasteiger partial charge on any atom is 0.227 e. The topological polar surface area (TPSA) is 61.4 Å². The van der Waals surface area contributed by atoms with Crippen LogP contribution >= 0.6 is 11.3 Å². The second-order valence-electron chi connectivity index (χ2n) is 7.39. The summed E-state index contributed by atoms with van der Waals surface area (Å²) in [7, 11) is 0. The van der Waals surface area contributed by atoms with Gasteiger partial charge in [-0.05, 0) is 18.8 Å². The Bertz CT molecular complexity index is 533. The summed E-state index contributed by atoms with van der Waals surface area (Å²) in [5, 5.41) is 13.4. The maximum atomic E-state index is 12.1. The number of piperazine rings is 1. The summed E-state index contributed by atoms with van der Waals surface area (Å²) in [6.45, 7) is 9.84. The fraction of sp³-hybridized carbons (Fsp3) is 0.824. The molecule has 1 aliphatic heterocycles. The van der Waals surface area contributed by atoms with Gasteiger partial charge >= 0.3 is 0 Å². The van der Waals surface area contributed by atoms with Gasteiger partial charge in [-0.15, -0.1) is 10.2 Å². The predicted molar refractivity (Wildman–Crippen MR) is 97.5 cm³/mol. The van der Waals surface area contributed by atoms with Crippen molar-refractivity contribution in [3.05, 3.63) is 5.01 Å². The molecule has 1 amide bonds. The molecule has 7 heteroatoms. The molecule has 2 aliphatic rings. The van der Waals surface area contributed by atoms with Gasteiger partial charge in [0.25, 0.3) is 0 Å². The maximum absolute atomic E-state index is 12.1. The van der Waals surface area contributed by atoms with Crippen LogP contribution < -0.4 is 10.2 Å². The van der Waals surface area contributed by atoms with Crippen LogP contribution in [0.1, 0.15) is 44.5 Å². The summed E-state index contributed by atoms with van der Waals surface area (Å²) < 4.78 is 0. The van der Waals surface area contributed by atoms with Crippen molar-refractivity contribution in [1.29, 1.82) is 0 Å². The van der Waals surface area contributed by atoms with E-state index in [9.17, 15) is 4.79 Å². The molecule has 0 unspecified atom stereocenters. The lowest BCUT2D eigenvalue weighted by Crippen LogP contribution is -2.47. The molecule has 0 bridgehead atoms. The van der Waals surface area contributed by atoms with E-state index in [4.69, 9.17) is 0 Å². The van der Waals surface area contributed by atoms with Crippen LogP contribution in [0.3, 0.4) is 0 Å². The minimum absolute atomic E-state index is 0.0892. The molecule has 3 rings (SSSR count). The second kappa shape index (κ2) is 8.25. The van der Waals surface area contributed by atoms with E-state index < -0.39 is 0 Å². The Morgan fingerprint density at radius 3 is 2.58 bits per heavy atom. The van der Waals surface area contributed by atoms with Crippen LogP contribution in [0.2, 0.25) is 0 Å². The standard InChI is InChI=1S/C17H29N5OS/c1-13(2)12-21-7-9-22(10-8-21)17-20-19-16(24-17)11-15(23)18-14-5-3-4-6-14/h13-14H,3-12H2,1-2H3,(H,18,23). The minimum Gasteiger partial charge on any atom is -0.353 e. The highest BCUT2D eigenvalue weighted by Crippen LogP contribution is 2.23. The number of carbonyl (C=O) groups is 1. The Balaban J connectivity index is 1.46. The van der Waals surface area contributed by atoms with Crippen LogP contribution in [0.15, 0.2) is 0 Å². The predicted octanol–water partition coefficient (Wildman–Crippen LogP) is 1.92. The molecule has 0 radical (unpaired) electrons. The Hall–Kier alpha value is -1.21. The number of hydrogen-bond acceptors (Lipinski definition) is 6. The van der Waals surface area contributed by atoms with E-state index in [-0.39, 0.29) is 5.91 Å². The molecule has 0 aromatic carbocycles. The normalized spacial score (nSPS) is 20.0. The Morgan fingerprint density at radius 2 is 1.92 bits per heavy atom. The smallest absolute Gasteiger partial charge is 0.227 e. The Labute approximate surface area is 148 Å². The highest BCUT2D eigenvalue weighted by atomic mass is 32.1. The number of nitrogens with zero attached hydrogens (tertiary/aromatic N) is 4. The highest BCUT2D eigenvalue weighted by molar-refractivity contribution is 7.15. The van der Waals surface area contributed by atoms with Gasteiger partial charge in [0, 0.05) is 38.8 Å². The number of rotatable bonds is 6. The molecule has 2 fully saturated rings. The lowest BCUT2D eigenvalue weighted by molar-refractivity contribution is -0.121. The fourth-order valence-corrected chi connectivity index (χ4v) is 4.46. The van der Waals surface area contributed by atoms with Gasteiger partial charge in [-0.3, -0.25) is 9.69 Å². The number of anilines is 1. The van der Waals surface area contributed by atoms with Gasteiger partial charge in [-0.1, -0.05) is 38.0 Å². The van der Waals surface area contributed by atoms with Crippen LogP contribution in [-0.4, -0.2) is 59.8 Å². The van der Waals surface area contributed by atoms with Crippen LogP contribution in [0.25, 0.3) is 0 Å². The van der Waals surface area contributed by atoms with Crippen LogP contribution in [0.5, 0.6) is 0 Å². The van der Waals surface area contributed by atoms with Crippen LogP contribution in [-0.2, 0) is 11.2 Å². The molecule has 1 saturated heterocycles. The second-order valence-corrected chi connectivity index (χ2v) is 8.43. The molecule has 1 aliphatic carbocycles. The molecular formula is C17H29N5OS. The van der Waals surface area contributed by atoms with Gasteiger partial charge in [0.15, 0.2) is 0 Å². The largest absolute Gasteiger partial charge is 0.353 e. The monoisotopic (exact) mass is 351 g/mol. The van der Waals surface area contributed by atoms with E-state index in [1.807, 2.05) is 0 Å². The summed E-state index contributed by atoms with van der Waals surface area (Å²) in [5.41, 5.74) is 0. The first-order valence-corrected chi connectivity index (χ1v) is 10.0. The zero-order chi connectivity index (χ0) is 16.9. The fourth-order valence-electron chi connectivity index (χ4n) is 3.57. The molecule has 1 saturated carbocycles. The number of carbonyl (C=O) groups excluding carboxylic acids is 1. The zero-order valence-corrected chi connectivity index (χ0v) is 15.6. The van der Waals surface area contributed by atoms with E-state index in [1.54, 1.807) is 11.3 Å². The van der Waals surface area contributed by atoms with Gasteiger partial charge in [0.05, 0.1) is 6.42 Å². The first-order valence-electron chi connectivity index (χ1n) is 9.19. The number of hydrogen-bond donors (Lipinski definition) is 1. The van der Waals surface area contributed by atoms with Gasteiger partial charge in [-0.2, -0.15) is 0 Å². The van der Waals surface area contributed by atoms with Crippen molar-refractivity contribution in [2.24, 2.45) is 5.92 Å². The van der Waals surface area contributed by atoms with Crippen molar-refractivity contribution in [2.45, 2.75) is 52.0 Å². The average molecular weight is 352 g/mol. The third-order valence-corrected chi connectivity index (χ3v) is 5.74. The zero-order valence-electron chi connectivity index (χ0n) is 14.8. The van der Waals surface area contributed by atoms with Crippen LogP contribution in [0.4, 0.5) is 5.13 Å². The number of amides is 1. The van der Waals surface area contributed by atoms with E-state index in [2.05, 4.69) is 39.2 Å². The molecule has 0 spiro atoms. The first kappa shape index (κ1) is 17.6. The first-order chi connectivity index (χ1) is 11.6. The lowest BCUT2D eigenvalue weighted by Gasteiger charge is -2.35. The summed E-state index contributed by atoms with van der Waals surface area (Å²) in [5.74, 6) is 0.800. The molecule has 134 valence electrons. The van der Waals surface area contributed by atoms with E-state index in [1.165, 1.54) is 12.8 Å². The van der Waals surface area contributed by atoms with Gasteiger partial charge < -0.3 is 10.2 Å². The van der Waals surface area contributed by atoms with Crippen molar-refractivity contribution in [3.63, 3.8) is 0 Å². The Kier molecular flexibility index (Phi) is 6.05. The molecule has 2 heterocycles. The molecule has 1 aromatic heterocycles. The molecule has 0 atom stereocenters. The van der Waals surface area contributed by atoms with E-state index >= 15 is 0 Å².